The van der Waals surface area contributed by atoms with E-state index in [-0.39, 0.29) is 5.91 Å². The Balaban J connectivity index is 1.67. The first-order valence-corrected chi connectivity index (χ1v) is 9.66. The minimum absolute atomic E-state index is 0.140. The van der Waals surface area contributed by atoms with Gasteiger partial charge in [-0.3, -0.25) is 4.79 Å². The molecule has 1 N–H and O–H groups in total. The van der Waals surface area contributed by atoms with E-state index >= 15 is 0 Å². The van der Waals surface area contributed by atoms with Crippen LogP contribution in [0.1, 0.15) is 20.8 Å². The first kappa shape index (κ1) is 17.8. The number of para-hydroxylation sites is 1. The predicted octanol–water partition coefficient (Wildman–Crippen LogP) is 5.35. The summed E-state index contributed by atoms with van der Waals surface area (Å²) in [5.41, 5.74) is 2.90. The van der Waals surface area contributed by atoms with Crippen molar-refractivity contribution in [3.05, 3.63) is 69.7 Å². The van der Waals surface area contributed by atoms with Crippen molar-refractivity contribution in [1.29, 1.82) is 0 Å². The number of carbonyl (C=O) groups is 1. The van der Waals surface area contributed by atoms with Crippen LogP contribution in [0.4, 0.5) is 0 Å². The number of hydrogen-bond donors (Lipinski definition) is 1. The van der Waals surface area contributed by atoms with E-state index < -0.39 is 0 Å². The topological polar surface area (TPSA) is 51.2 Å². The Morgan fingerprint density at radius 1 is 1.19 bits per heavy atom. The van der Waals surface area contributed by atoms with E-state index in [1.807, 2.05) is 49.4 Å². The van der Waals surface area contributed by atoms with E-state index in [1.165, 1.54) is 11.3 Å². The average molecular weight is 397 g/mol. The van der Waals surface area contributed by atoms with Gasteiger partial charge in [0.15, 0.2) is 0 Å². The van der Waals surface area contributed by atoms with E-state index in [9.17, 15) is 4.79 Å². The number of rotatable bonds is 4. The number of nitrogens with one attached hydrogen (secondary N) is 1. The zero-order valence-electron chi connectivity index (χ0n) is 14.9. The summed E-state index contributed by atoms with van der Waals surface area (Å²) in [5.74, 6) is 0.613. The average Bonchev–Trinajstić information content (AvgIpc) is 3.13. The predicted molar refractivity (Wildman–Crippen MR) is 111 cm³/mol. The van der Waals surface area contributed by atoms with E-state index in [4.69, 9.17) is 16.3 Å². The third-order valence-electron chi connectivity index (χ3n) is 4.43. The molecule has 0 bridgehead atoms. The molecule has 0 fully saturated rings. The molecule has 0 aliphatic heterocycles. The Bertz CT molecular complexity index is 1170. The van der Waals surface area contributed by atoms with Crippen molar-refractivity contribution in [2.45, 2.75) is 13.5 Å². The molecule has 136 valence electrons. The lowest BCUT2D eigenvalue weighted by Gasteiger charge is -2.08. The highest BCUT2D eigenvalue weighted by Crippen LogP contribution is 2.36. The van der Waals surface area contributed by atoms with Crippen molar-refractivity contribution >= 4 is 49.8 Å². The summed E-state index contributed by atoms with van der Waals surface area (Å²) in [5, 5.41) is 5.20. The molecule has 4 nitrogen and oxygen atoms in total. The van der Waals surface area contributed by atoms with Crippen molar-refractivity contribution in [3.8, 4) is 5.75 Å². The molecule has 0 saturated carbocycles. The van der Waals surface area contributed by atoms with Gasteiger partial charge in [-0.15, -0.1) is 11.3 Å². The molecule has 0 unspecified atom stereocenters. The Morgan fingerprint density at radius 2 is 2.00 bits per heavy atom. The molecule has 2 aromatic heterocycles. The summed E-state index contributed by atoms with van der Waals surface area (Å²) in [7, 11) is 1.62. The highest BCUT2D eigenvalue weighted by Gasteiger charge is 2.16. The fraction of sp³-hybridized carbons (Fsp3) is 0.143. The molecule has 1 amide bonds. The second-order valence-electron chi connectivity index (χ2n) is 6.27. The van der Waals surface area contributed by atoms with Crippen LogP contribution in [0.25, 0.3) is 21.0 Å². The maximum Gasteiger partial charge on any atom is 0.261 e. The van der Waals surface area contributed by atoms with Crippen molar-refractivity contribution < 1.29 is 9.53 Å². The Kier molecular flexibility index (Phi) is 4.72. The number of amides is 1. The van der Waals surface area contributed by atoms with Crippen LogP contribution in [0.5, 0.6) is 5.75 Å². The summed E-state index contributed by atoms with van der Waals surface area (Å²) >= 11 is 7.79. The molecule has 2 heterocycles. The minimum Gasteiger partial charge on any atom is -0.496 e. The van der Waals surface area contributed by atoms with Gasteiger partial charge in [0.25, 0.3) is 5.91 Å². The second-order valence-corrected chi connectivity index (χ2v) is 7.68. The van der Waals surface area contributed by atoms with Gasteiger partial charge in [-0.25, -0.2) is 4.98 Å². The number of benzene rings is 2. The summed E-state index contributed by atoms with van der Waals surface area (Å²) in [6, 6.07) is 15.5. The molecule has 6 heteroatoms. The molecule has 0 aliphatic carbocycles. The third-order valence-corrected chi connectivity index (χ3v) is 5.88. The molecule has 4 rings (SSSR count). The number of hydrogen-bond acceptors (Lipinski definition) is 4. The van der Waals surface area contributed by atoms with E-state index in [0.29, 0.717) is 16.6 Å². The molecule has 0 saturated heterocycles. The summed E-state index contributed by atoms with van der Waals surface area (Å²) in [6.45, 7) is 2.43. The first-order chi connectivity index (χ1) is 13.1. The Hall–Kier alpha value is -2.63. The number of aryl methyl sites for hydroxylation is 1. The van der Waals surface area contributed by atoms with Gasteiger partial charge in [0, 0.05) is 27.6 Å². The number of halogens is 1. The maximum atomic E-state index is 12.7. The number of nitrogens with zero attached hydrogens (tertiary/aromatic N) is 1. The van der Waals surface area contributed by atoms with E-state index in [1.54, 1.807) is 7.11 Å². The number of fused-ring (bicyclic) bond motifs is 3. The van der Waals surface area contributed by atoms with Gasteiger partial charge in [0.05, 0.1) is 17.5 Å². The van der Waals surface area contributed by atoms with Crippen molar-refractivity contribution in [2.75, 3.05) is 7.11 Å². The quantitative estimate of drug-likeness (QED) is 0.473. The van der Waals surface area contributed by atoms with Crippen molar-refractivity contribution in [1.82, 2.24) is 10.3 Å². The fourth-order valence-electron chi connectivity index (χ4n) is 3.06. The highest BCUT2D eigenvalue weighted by molar-refractivity contribution is 7.21. The normalized spacial score (nSPS) is 11.1. The first-order valence-electron chi connectivity index (χ1n) is 8.46. The van der Waals surface area contributed by atoms with Gasteiger partial charge < -0.3 is 10.1 Å². The maximum absolute atomic E-state index is 12.7. The van der Waals surface area contributed by atoms with Crippen molar-refractivity contribution in [2.24, 2.45) is 0 Å². The second kappa shape index (κ2) is 7.18. The van der Waals surface area contributed by atoms with Gasteiger partial charge in [-0.2, -0.15) is 0 Å². The number of pyridine rings is 1. The molecular weight excluding hydrogens is 380 g/mol. The Labute approximate surface area is 165 Å². The lowest BCUT2D eigenvalue weighted by molar-refractivity contribution is 0.0955. The number of ether oxygens (including phenoxy) is 1. The number of methoxy groups -OCH3 is 1. The number of thiophene rings is 1. The zero-order chi connectivity index (χ0) is 19.0. The van der Waals surface area contributed by atoms with Crippen LogP contribution in [0.3, 0.4) is 0 Å². The highest BCUT2D eigenvalue weighted by atomic mass is 35.5. The molecule has 0 aliphatic rings. The van der Waals surface area contributed by atoms with Gasteiger partial charge >= 0.3 is 0 Å². The largest absolute Gasteiger partial charge is 0.496 e. The minimum atomic E-state index is -0.140. The standard InChI is InChI=1S/C21H17ClN2O2S/c1-12-7-8-16-14(9-12)19-15(20(22)24-16)10-18(27-19)21(25)23-11-13-5-3-4-6-17(13)26-2/h3-10H,11H2,1-2H3,(H,23,25). The van der Waals surface area contributed by atoms with Gasteiger partial charge in [0.2, 0.25) is 0 Å². The lowest BCUT2D eigenvalue weighted by atomic mass is 10.1. The van der Waals surface area contributed by atoms with Crippen LogP contribution < -0.4 is 10.1 Å². The Morgan fingerprint density at radius 3 is 2.81 bits per heavy atom. The molecular formula is C21H17ClN2O2S. The third kappa shape index (κ3) is 3.36. The lowest BCUT2D eigenvalue weighted by Crippen LogP contribution is -2.22. The smallest absolute Gasteiger partial charge is 0.261 e. The number of aromatic nitrogens is 1. The fourth-order valence-corrected chi connectivity index (χ4v) is 4.46. The molecule has 0 atom stereocenters. The summed E-state index contributed by atoms with van der Waals surface area (Å²) in [4.78, 5) is 17.8. The molecule has 27 heavy (non-hydrogen) atoms. The van der Waals surface area contributed by atoms with E-state index in [2.05, 4.69) is 16.4 Å². The van der Waals surface area contributed by atoms with Crippen LogP contribution in [-0.4, -0.2) is 18.0 Å². The monoisotopic (exact) mass is 396 g/mol. The molecule has 2 aromatic carbocycles. The van der Waals surface area contributed by atoms with Gasteiger partial charge in [-0.05, 0) is 31.2 Å². The van der Waals surface area contributed by atoms with Crippen LogP contribution in [0, 0.1) is 6.92 Å². The SMILES string of the molecule is COc1ccccc1CNC(=O)c1cc2c(Cl)nc3ccc(C)cc3c2s1. The molecule has 4 aromatic rings. The summed E-state index contributed by atoms with van der Waals surface area (Å²) < 4.78 is 6.31. The summed E-state index contributed by atoms with van der Waals surface area (Å²) in [6.07, 6.45) is 0. The number of carbonyl (C=O) groups excluding carboxylic acids is 1. The van der Waals surface area contributed by atoms with Crippen LogP contribution in [-0.2, 0) is 6.54 Å². The van der Waals surface area contributed by atoms with Crippen LogP contribution in [0.15, 0.2) is 48.5 Å². The molecule has 0 radical (unpaired) electrons. The van der Waals surface area contributed by atoms with Crippen molar-refractivity contribution in [3.63, 3.8) is 0 Å². The zero-order valence-corrected chi connectivity index (χ0v) is 16.4. The van der Waals surface area contributed by atoms with Crippen LogP contribution >= 0.6 is 22.9 Å². The van der Waals surface area contributed by atoms with Gasteiger partial charge in [0.1, 0.15) is 10.9 Å². The molecule has 0 spiro atoms. The van der Waals surface area contributed by atoms with E-state index in [0.717, 1.165) is 37.9 Å². The van der Waals surface area contributed by atoms with Gasteiger partial charge in [-0.1, -0.05) is 41.4 Å². The van der Waals surface area contributed by atoms with Crippen LogP contribution in [0.2, 0.25) is 5.15 Å².